The molecule has 0 bridgehead atoms. The first kappa shape index (κ1) is 39.5. The standard InChI is InChI=1S/C26H49N3O8.CH2O2/c1-5-6-7-9-23(31)27-11-8-10-24(32)28-12-14-34-17-19-37-21-25(33)29-13-15-35-16-18-36-20-22(30)26(2,3)4;2-1-3/h5-21H2,1-4H3,(H,27,31)(H,28,32)(H,29,33);1H,(H,2,3). The van der Waals surface area contributed by atoms with Crippen LogP contribution < -0.4 is 16.0 Å². The zero-order chi connectivity index (χ0) is 30.5. The SMILES string of the molecule is CCCCCC(=O)NCCCC(=O)NCCOCCOCC(=O)NCCOCCOCC(=O)C(C)(C)C.O=CO. The average molecular weight is 578 g/mol. The molecule has 13 heteroatoms. The van der Waals surface area contributed by atoms with Crippen LogP contribution in [-0.4, -0.2) is 108 Å². The normalized spacial score (nSPS) is 10.7. The lowest BCUT2D eigenvalue weighted by atomic mass is 9.91. The third-order valence-corrected chi connectivity index (χ3v) is 5.09. The highest BCUT2D eigenvalue weighted by Gasteiger charge is 2.20. The topological polar surface area (TPSA) is 179 Å². The molecule has 0 aromatic rings. The number of hydrogen-bond acceptors (Lipinski definition) is 9. The highest BCUT2D eigenvalue weighted by molar-refractivity contribution is 5.84. The fourth-order valence-electron chi connectivity index (χ4n) is 2.75. The zero-order valence-corrected chi connectivity index (χ0v) is 24.7. The number of hydrogen-bond donors (Lipinski definition) is 4. The second-order valence-electron chi connectivity index (χ2n) is 9.72. The van der Waals surface area contributed by atoms with Crippen LogP contribution in [0.25, 0.3) is 0 Å². The van der Waals surface area contributed by atoms with Gasteiger partial charge in [-0.25, -0.2) is 0 Å². The Hall–Kier alpha value is -2.61. The van der Waals surface area contributed by atoms with Gasteiger partial charge < -0.3 is 40.0 Å². The molecule has 0 fully saturated rings. The molecule has 0 aromatic heterocycles. The van der Waals surface area contributed by atoms with Crippen LogP contribution in [0.5, 0.6) is 0 Å². The third kappa shape index (κ3) is 29.9. The third-order valence-electron chi connectivity index (χ3n) is 5.09. The largest absolute Gasteiger partial charge is 0.483 e. The quantitative estimate of drug-likeness (QED) is 0.0958. The molecule has 0 rings (SSSR count). The number of nitrogens with one attached hydrogen (secondary N) is 3. The van der Waals surface area contributed by atoms with Gasteiger partial charge in [0.25, 0.3) is 6.47 Å². The number of ketones is 1. The van der Waals surface area contributed by atoms with Gasteiger partial charge in [0.1, 0.15) is 13.2 Å². The van der Waals surface area contributed by atoms with Crippen LogP contribution in [0.2, 0.25) is 0 Å². The van der Waals surface area contributed by atoms with Crippen molar-refractivity contribution < 1.29 is 48.0 Å². The first-order valence-corrected chi connectivity index (χ1v) is 13.8. The van der Waals surface area contributed by atoms with E-state index in [1.807, 2.05) is 20.8 Å². The van der Waals surface area contributed by atoms with E-state index in [0.29, 0.717) is 71.9 Å². The van der Waals surface area contributed by atoms with Gasteiger partial charge in [-0.05, 0) is 12.8 Å². The minimum atomic E-state index is -0.410. The summed E-state index contributed by atoms with van der Waals surface area (Å²) < 4.78 is 21.2. The van der Waals surface area contributed by atoms with Gasteiger partial charge >= 0.3 is 0 Å². The Morgan fingerprint density at radius 1 is 0.650 bits per heavy atom. The summed E-state index contributed by atoms with van der Waals surface area (Å²) in [4.78, 5) is 55.1. The number of carboxylic acid groups (broad SMARTS) is 1. The van der Waals surface area contributed by atoms with Crippen molar-refractivity contribution >= 4 is 30.0 Å². The molecule has 0 saturated carbocycles. The van der Waals surface area contributed by atoms with Crippen LogP contribution in [0.4, 0.5) is 0 Å². The number of ether oxygens (including phenoxy) is 4. The first-order valence-electron chi connectivity index (χ1n) is 13.8. The van der Waals surface area contributed by atoms with Crippen molar-refractivity contribution in [3.05, 3.63) is 0 Å². The number of Topliss-reactive ketones (excluding diaryl/α,β-unsaturated/α-hetero) is 1. The predicted molar refractivity (Wildman–Crippen MR) is 149 cm³/mol. The lowest BCUT2D eigenvalue weighted by Gasteiger charge is -2.16. The average Bonchev–Trinajstić information content (AvgIpc) is 2.89. The van der Waals surface area contributed by atoms with Crippen LogP contribution in [0.3, 0.4) is 0 Å². The van der Waals surface area contributed by atoms with E-state index in [1.165, 1.54) is 0 Å². The fraction of sp³-hybridized carbons (Fsp3) is 0.815. The monoisotopic (exact) mass is 577 g/mol. The number of amides is 3. The molecule has 0 spiro atoms. The molecular weight excluding hydrogens is 526 g/mol. The molecule has 13 nitrogen and oxygen atoms in total. The molecule has 0 unspecified atom stereocenters. The van der Waals surface area contributed by atoms with E-state index in [1.54, 1.807) is 0 Å². The summed E-state index contributed by atoms with van der Waals surface area (Å²) >= 11 is 0. The molecule has 0 heterocycles. The summed E-state index contributed by atoms with van der Waals surface area (Å²) in [5.41, 5.74) is -0.410. The van der Waals surface area contributed by atoms with Crippen LogP contribution in [-0.2, 0) is 42.9 Å². The van der Waals surface area contributed by atoms with E-state index < -0.39 is 5.41 Å². The van der Waals surface area contributed by atoms with Gasteiger partial charge in [0, 0.05) is 37.9 Å². The minimum absolute atomic E-state index is 0.0414. The molecule has 0 aromatic carbocycles. The van der Waals surface area contributed by atoms with Gasteiger partial charge in [-0.3, -0.25) is 24.0 Å². The van der Waals surface area contributed by atoms with E-state index in [-0.39, 0.29) is 49.8 Å². The summed E-state index contributed by atoms with van der Waals surface area (Å²) in [7, 11) is 0. The maximum absolute atomic E-state index is 11.8. The fourth-order valence-corrected chi connectivity index (χ4v) is 2.75. The van der Waals surface area contributed by atoms with Crippen molar-refractivity contribution in [2.45, 2.75) is 66.2 Å². The summed E-state index contributed by atoms with van der Waals surface area (Å²) in [6.45, 7) is 10.6. The van der Waals surface area contributed by atoms with Crippen molar-refractivity contribution in [2.75, 3.05) is 72.5 Å². The molecule has 0 aliphatic carbocycles. The van der Waals surface area contributed by atoms with Crippen LogP contribution >= 0.6 is 0 Å². The molecule has 0 aliphatic rings. The van der Waals surface area contributed by atoms with Crippen LogP contribution in [0.15, 0.2) is 0 Å². The van der Waals surface area contributed by atoms with Gasteiger partial charge in [0.2, 0.25) is 17.7 Å². The summed E-state index contributed by atoms with van der Waals surface area (Å²) in [6.07, 6.45) is 4.53. The van der Waals surface area contributed by atoms with Crippen molar-refractivity contribution in [1.29, 1.82) is 0 Å². The Morgan fingerprint density at radius 2 is 1.10 bits per heavy atom. The highest BCUT2D eigenvalue weighted by atomic mass is 16.5. The lowest BCUT2D eigenvalue weighted by Crippen LogP contribution is -2.31. The maximum Gasteiger partial charge on any atom is 0.290 e. The molecule has 0 atom stereocenters. The van der Waals surface area contributed by atoms with Crippen molar-refractivity contribution in [1.82, 2.24) is 16.0 Å². The van der Waals surface area contributed by atoms with Crippen molar-refractivity contribution in [3.63, 3.8) is 0 Å². The van der Waals surface area contributed by atoms with E-state index >= 15 is 0 Å². The van der Waals surface area contributed by atoms with Gasteiger partial charge in [0.05, 0.1) is 39.6 Å². The molecule has 0 saturated heterocycles. The van der Waals surface area contributed by atoms with Gasteiger partial charge in [-0.1, -0.05) is 40.5 Å². The van der Waals surface area contributed by atoms with Gasteiger partial charge in [-0.15, -0.1) is 0 Å². The Bertz CT molecular complexity index is 684. The Morgan fingerprint density at radius 3 is 1.62 bits per heavy atom. The number of rotatable bonds is 24. The summed E-state index contributed by atoms with van der Waals surface area (Å²) in [5.74, 6) is -0.247. The van der Waals surface area contributed by atoms with E-state index in [9.17, 15) is 19.2 Å². The number of carbonyl (C=O) groups is 5. The smallest absolute Gasteiger partial charge is 0.290 e. The highest BCUT2D eigenvalue weighted by Crippen LogP contribution is 2.14. The molecule has 40 heavy (non-hydrogen) atoms. The van der Waals surface area contributed by atoms with Crippen molar-refractivity contribution in [2.24, 2.45) is 5.41 Å². The number of unbranched alkanes of at least 4 members (excludes halogenated alkanes) is 2. The van der Waals surface area contributed by atoms with Crippen LogP contribution in [0.1, 0.15) is 66.2 Å². The predicted octanol–water partition coefficient (Wildman–Crippen LogP) is 1.08. The van der Waals surface area contributed by atoms with E-state index in [4.69, 9.17) is 28.8 Å². The second-order valence-corrected chi connectivity index (χ2v) is 9.72. The van der Waals surface area contributed by atoms with E-state index in [2.05, 4.69) is 22.9 Å². The molecule has 4 N–H and O–H groups in total. The molecule has 234 valence electrons. The summed E-state index contributed by atoms with van der Waals surface area (Å²) in [6, 6.07) is 0. The molecular formula is C27H51N3O10. The minimum Gasteiger partial charge on any atom is -0.483 e. The summed E-state index contributed by atoms with van der Waals surface area (Å²) in [5, 5.41) is 15.2. The number of carbonyl (C=O) groups excluding carboxylic acids is 4. The van der Waals surface area contributed by atoms with E-state index in [0.717, 1.165) is 19.3 Å². The first-order chi connectivity index (χ1) is 19.1. The molecule has 0 radical (unpaired) electrons. The van der Waals surface area contributed by atoms with Gasteiger partial charge in [0.15, 0.2) is 5.78 Å². The Labute approximate surface area is 238 Å². The molecule has 0 aliphatic heterocycles. The Kier molecular flexibility index (Phi) is 27.6. The van der Waals surface area contributed by atoms with Crippen molar-refractivity contribution in [3.8, 4) is 0 Å². The molecule has 3 amide bonds. The second kappa shape index (κ2) is 27.9. The zero-order valence-electron chi connectivity index (χ0n) is 24.7. The van der Waals surface area contributed by atoms with Gasteiger partial charge in [-0.2, -0.15) is 0 Å². The maximum atomic E-state index is 11.8. The lowest BCUT2D eigenvalue weighted by molar-refractivity contribution is -0.131. The van der Waals surface area contributed by atoms with Crippen LogP contribution in [0, 0.1) is 5.41 Å². The Balaban J connectivity index is 0.